The van der Waals surface area contributed by atoms with Gasteiger partial charge in [0.15, 0.2) is 5.13 Å². The summed E-state index contributed by atoms with van der Waals surface area (Å²) in [6.07, 6.45) is 3.11. The van der Waals surface area contributed by atoms with E-state index in [1.54, 1.807) is 11.1 Å². The van der Waals surface area contributed by atoms with Crippen LogP contribution >= 0.6 is 11.3 Å². The quantitative estimate of drug-likeness (QED) is 0.468. The van der Waals surface area contributed by atoms with Gasteiger partial charge in [-0.1, -0.05) is 41.7 Å². The number of aryl methyl sites for hydroxylation is 1. The second-order valence-electron chi connectivity index (χ2n) is 6.48. The first-order chi connectivity index (χ1) is 14.1. The zero-order chi connectivity index (χ0) is 20.2. The number of carbonyl (C=O) groups excluding carboxylic acids is 1. The lowest BCUT2D eigenvalue weighted by Crippen LogP contribution is -2.31. The number of ether oxygens (including phenoxy) is 1. The van der Waals surface area contributed by atoms with Gasteiger partial charge in [-0.15, -0.1) is 0 Å². The Morgan fingerprint density at radius 1 is 1.10 bits per heavy atom. The normalized spacial score (nSPS) is 10.8. The molecule has 0 aliphatic carbocycles. The van der Waals surface area contributed by atoms with Gasteiger partial charge in [-0.05, 0) is 37.6 Å². The van der Waals surface area contributed by atoms with E-state index in [1.165, 1.54) is 17.5 Å². The van der Waals surface area contributed by atoms with Gasteiger partial charge >= 0.3 is 0 Å². The summed E-state index contributed by atoms with van der Waals surface area (Å²) in [6.45, 7) is 4.78. The molecule has 2 aromatic carbocycles. The molecule has 0 atom stereocenters. The van der Waals surface area contributed by atoms with E-state index in [2.05, 4.69) is 9.97 Å². The average Bonchev–Trinajstić information content (AvgIpc) is 3.16. The molecular weight excluding hydrogens is 384 g/mol. The van der Waals surface area contributed by atoms with E-state index in [0.717, 1.165) is 27.2 Å². The van der Waals surface area contributed by atoms with E-state index < -0.39 is 0 Å². The van der Waals surface area contributed by atoms with Crippen LogP contribution in [0.3, 0.4) is 0 Å². The van der Waals surface area contributed by atoms with Crippen LogP contribution in [0, 0.1) is 6.92 Å². The van der Waals surface area contributed by atoms with Gasteiger partial charge in [-0.2, -0.15) is 0 Å². The van der Waals surface area contributed by atoms with E-state index in [9.17, 15) is 4.79 Å². The maximum atomic E-state index is 13.3. The second-order valence-corrected chi connectivity index (χ2v) is 7.49. The Kier molecular flexibility index (Phi) is 5.48. The Morgan fingerprint density at radius 2 is 1.93 bits per heavy atom. The molecule has 0 fully saturated rings. The summed E-state index contributed by atoms with van der Waals surface area (Å²) in [7, 11) is 0. The van der Waals surface area contributed by atoms with Crippen LogP contribution in [0.1, 0.15) is 28.7 Å². The maximum absolute atomic E-state index is 13.3. The highest BCUT2D eigenvalue weighted by Crippen LogP contribution is 2.33. The van der Waals surface area contributed by atoms with Crippen molar-refractivity contribution in [3.8, 4) is 5.75 Å². The molecular formula is C22H20N4O2S. The first-order valence-electron chi connectivity index (χ1n) is 9.32. The van der Waals surface area contributed by atoms with Crippen molar-refractivity contribution in [1.82, 2.24) is 15.0 Å². The first kappa shape index (κ1) is 19.0. The minimum Gasteiger partial charge on any atom is -0.494 e. The minimum atomic E-state index is -0.231. The number of hydrogen-bond donors (Lipinski definition) is 0. The van der Waals surface area contributed by atoms with E-state index in [-0.39, 0.29) is 5.91 Å². The molecule has 0 radical (unpaired) electrons. The molecule has 2 heterocycles. The van der Waals surface area contributed by atoms with Crippen LogP contribution in [0.5, 0.6) is 5.75 Å². The van der Waals surface area contributed by atoms with Gasteiger partial charge in [0.25, 0.3) is 5.91 Å². The topological polar surface area (TPSA) is 68.2 Å². The number of thiazole rings is 1. The molecule has 2 aromatic heterocycles. The van der Waals surface area contributed by atoms with Crippen molar-refractivity contribution in [2.75, 3.05) is 11.5 Å². The molecule has 0 bridgehead atoms. The largest absolute Gasteiger partial charge is 0.494 e. The molecule has 6 nitrogen and oxygen atoms in total. The number of nitrogens with zero attached hydrogens (tertiary/aromatic N) is 4. The van der Waals surface area contributed by atoms with Crippen LogP contribution in [0.2, 0.25) is 0 Å². The fourth-order valence-corrected chi connectivity index (χ4v) is 3.89. The molecule has 0 N–H and O–H groups in total. The summed E-state index contributed by atoms with van der Waals surface area (Å²) in [5, 5.41) is 0.616. The summed E-state index contributed by atoms with van der Waals surface area (Å²) in [5.74, 6) is 0.561. The minimum absolute atomic E-state index is 0.231. The fourth-order valence-electron chi connectivity index (χ4n) is 2.90. The van der Waals surface area contributed by atoms with Gasteiger partial charge < -0.3 is 4.74 Å². The molecule has 0 unspecified atom stereocenters. The lowest BCUT2D eigenvalue weighted by atomic mass is 10.2. The second kappa shape index (κ2) is 8.36. The Morgan fingerprint density at radius 3 is 2.66 bits per heavy atom. The Hall–Kier alpha value is -3.32. The SMILES string of the molecule is CCOc1ccc2nc(N(Cc3ccccc3)C(=O)c3cnc(C)cn3)sc2c1. The van der Waals surface area contributed by atoms with Crippen molar-refractivity contribution < 1.29 is 9.53 Å². The zero-order valence-electron chi connectivity index (χ0n) is 16.2. The third kappa shape index (κ3) is 4.25. The lowest BCUT2D eigenvalue weighted by Gasteiger charge is -2.19. The fraction of sp³-hybridized carbons (Fsp3) is 0.182. The van der Waals surface area contributed by atoms with Crippen molar-refractivity contribution in [3.05, 3.63) is 77.9 Å². The number of amides is 1. The van der Waals surface area contributed by atoms with Gasteiger partial charge in [0.1, 0.15) is 11.4 Å². The zero-order valence-corrected chi connectivity index (χ0v) is 17.0. The number of hydrogen-bond acceptors (Lipinski definition) is 6. The molecule has 0 aliphatic rings. The number of fused-ring (bicyclic) bond motifs is 1. The number of carbonyl (C=O) groups is 1. The predicted octanol–water partition coefficient (Wildman–Crippen LogP) is 4.64. The van der Waals surface area contributed by atoms with Gasteiger partial charge in [0.2, 0.25) is 0 Å². The highest BCUT2D eigenvalue weighted by molar-refractivity contribution is 7.22. The van der Waals surface area contributed by atoms with Crippen LogP contribution in [-0.2, 0) is 6.54 Å². The third-order valence-corrected chi connectivity index (χ3v) is 5.36. The smallest absolute Gasteiger partial charge is 0.280 e. The lowest BCUT2D eigenvalue weighted by molar-refractivity contribution is 0.0980. The van der Waals surface area contributed by atoms with Crippen molar-refractivity contribution >= 4 is 32.6 Å². The highest BCUT2D eigenvalue weighted by atomic mass is 32.1. The predicted molar refractivity (Wildman–Crippen MR) is 115 cm³/mol. The molecule has 1 amide bonds. The van der Waals surface area contributed by atoms with Crippen molar-refractivity contribution in [3.63, 3.8) is 0 Å². The molecule has 4 rings (SSSR count). The van der Waals surface area contributed by atoms with Gasteiger partial charge in [0.05, 0.1) is 35.3 Å². The van der Waals surface area contributed by atoms with Crippen LogP contribution in [0.15, 0.2) is 60.9 Å². The Balaban J connectivity index is 1.73. The van der Waals surface area contributed by atoms with Crippen molar-refractivity contribution in [2.45, 2.75) is 20.4 Å². The van der Waals surface area contributed by atoms with Crippen LogP contribution in [0.25, 0.3) is 10.2 Å². The van der Waals surface area contributed by atoms with Crippen molar-refractivity contribution in [1.29, 1.82) is 0 Å². The maximum Gasteiger partial charge on any atom is 0.280 e. The van der Waals surface area contributed by atoms with E-state index in [0.29, 0.717) is 24.0 Å². The van der Waals surface area contributed by atoms with E-state index in [4.69, 9.17) is 9.72 Å². The van der Waals surface area contributed by atoms with Crippen LogP contribution in [-0.4, -0.2) is 27.5 Å². The molecule has 29 heavy (non-hydrogen) atoms. The van der Waals surface area contributed by atoms with E-state index >= 15 is 0 Å². The van der Waals surface area contributed by atoms with Gasteiger partial charge in [0, 0.05) is 6.20 Å². The standard InChI is InChI=1S/C22H20N4O2S/c1-3-28-17-9-10-18-20(11-17)29-22(25-18)26(14-16-7-5-4-6-8-16)21(27)19-13-23-15(2)12-24-19/h4-13H,3,14H2,1-2H3. The highest BCUT2D eigenvalue weighted by Gasteiger charge is 2.23. The molecule has 0 spiro atoms. The van der Waals surface area contributed by atoms with Gasteiger partial charge in [-0.25, -0.2) is 9.97 Å². The van der Waals surface area contributed by atoms with Crippen LogP contribution in [0.4, 0.5) is 5.13 Å². The third-order valence-electron chi connectivity index (χ3n) is 4.32. The Labute approximate surface area is 172 Å². The van der Waals surface area contributed by atoms with Gasteiger partial charge in [-0.3, -0.25) is 14.7 Å². The van der Waals surface area contributed by atoms with E-state index in [1.807, 2.05) is 62.4 Å². The first-order valence-corrected chi connectivity index (χ1v) is 10.1. The summed E-state index contributed by atoms with van der Waals surface area (Å²) in [6, 6.07) is 15.6. The average molecular weight is 404 g/mol. The molecule has 4 aromatic rings. The molecule has 0 saturated heterocycles. The monoisotopic (exact) mass is 404 g/mol. The molecule has 7 heteroatoms. The Bertz CT molecular complexity index is 1130. The number of rotatable bonds is 6. The number of anilines is 1. The van der Waals surface area contributed by atoms with Crippen LogP contribution < -0.4 is 9.64 Å². The number of benzene rings is 2. The summed E-state index contributed by atoms with van der Waals surface area (Å²) in [5.41, 5.74) is 2.89. The summed E-state index contributed by atoms with van der Waals surface area (Å²) < 4.78 is 6.55. The molecule has 146 valence electrons. The number of aromatic nitrogens is 3. The summed E-state index contributed by atoms with van der Waals surface area (Å²) in [4.78, 5) is 28.1. The summed E-state index contributed by atoms with van der Waals surface area (Å²) >= 11 is 1.46. The molecule has 0 saturated carbocycles. The van der Waals surface area contributed by atoms with Crippen molar-refractivity contribution in [2.24, 2.45) is 0 Å². The molecule has 0 aliphatic heterocycles.